The molecule has 0 fully saturated rings. The molecule has 1 heterocycles. The molecule has 2 aromatic rings. The molecule has 0 aliphatic rings. The summed E-state index contributed by atoms with van der Waals surface area (Å²) < 4.78 is 4.33. The number of rotatable bonds is 1. The average Bonchev–Trinajstić information content (AvgIpc) is 2.49. The Balaban J connectivity index is 2.53. The quantitative estimate of drug-likeness (QED) is 0.669. The predicted molar refractivity (Wildman–Crippen MR) is 57.0 cm³/mol. The van der Waals surface area contributed by atoms with E-state index in [1.807, 2.05) is 6.07 Å². The molecule has 2 heteroatoms. The number of hydrogen-bond acceptors (Lipinski definition) is 2. The summed E-state index contributed by atoms with van der Waals surface area (Å²) in [6.07, 6.45) is 0. The van der Waals surface area contributed by atoms with Crippen molar-refractivity contribution in [1.82, 2.24) is 4.37 Å². The fourth-order valence-corrected chi connectivity index (χ4v) is 2.17. The maximum Gasteiger partial charge on any atom is 0.0581 e. The SMILES string of the molecule is Cc1nsc(-c2ccccc2)c1C. The Labute approximate surface area is 82.2 Å². The minimum absolute atomic E-state index is 1.14. The van der Waals surface area contributed by atoms with E-state index in [1.54, 1.807) is 11.5 Å². The largest absolute Gasteiger partial charge is 0.197 e. The third-order valence-corrected chi connectivity index (χ3v) is 3.28. The minimum atomic E-state index is 1.14. The number of aryl methyl sites for hydroxylation is 1. The summed E-state index contributed by atoms with van der Waals surface area (Å²) in [5.41, 5.74) is 3.71. The molecule has 0 saturated carbocycles. The summed E-state index contributed by atoms with van der Waals surface area (Å²) in [7, 11) is 0. The number of aromatic nitrogens is 1. The van der Waals surface area contributed by atoms with Gasteiger partial charge in [0.05, 0.1) is 10.6 Å². The molecule has 66 valence electrons. The van der Waals surface area contributed by atoms with Crippen molar-refractivity contribution >= 4 is 11.5 Å². The Hall–Kier alpha value is -1.15. The van der Waals surface area contributed by atoms with E-state index >= 15 is 0 Å². The second-order valence-electron chi connectivity index (χ2n) is 3.09. The summed E-state index contributed by atoms with van der Waals surface area (Å²) in [4.78, 5) is 1.29. The van der Waals surface area contributed by atoms with E-state index in [0.29, 0.717) is 0 Å². The zero-order valence-electron chi connectivity index (χ0n) is 7.74. The van der Waals surface area contributed by atoms with Crippen molar-refractivity contribution in [1.29, 1.82) is 0 Å². The van der Waals surface area contributed by atoms with Gasteiger partial charge in [0.15, 0.2) is 0 Å². The number of benzene rings is 1. The van der Waals surface area contributed by atoms with Crippen molar-refractivity contribution in [2.24, 2.45) is 0 Å². The van der Waals surface area contributed by atoms with Crippen LogP contribution in [0.2, 0.25) is 0 Å². The highest BCUT2D eigenvalue weighted by molar-refractivity contribution is 7.09. The molecule has 0 atom stereocenters. The normalized spacial score (nSPS) is 10.3. The maximum absolute atomic E-state index is 4.33. The van der Waals surface area contributed by atoms with Gasteiger partial charge in [-0.2, -0.15) is 4.37 Å². The van der Waals surface area contributed by atoms with Crippen molar-refractivity contribution in [3.05, 3.63) is 41.6 Å². The van der Waals surface area contributed by atoms with Gasteiger partial charge < -0.3 is 0 Å². The highest BCUT2D eigenvalue weighted by Crippen LogP contribution is 2.28. The van der Waals surface area contributed by atoms with Crippen molar-refractivity contribution in [2.45, 2.75) is 13.8 Å². The lowest BCUT2D eigenvalue weighted by atomic mass is 10.1. The van der Waals surface area contributed by atoms with E-state index < -0.39 is 0 Å². The van der Waals surface area contributed by atoms with Gasteiger partial charge in [0, 0.05) is 0 Å². The number of hydrogen-bond donors (Lipinski definition) is 0. The van der Waals surface area contributed by atoms with Gasteiger partial charge in [0.2, 0.25) is 0 Å². The molecule has 0 unspecified atom stereocenters. The standard InChI is InChI=1S/C11H11NS/c1-8-9(2)12-13-11(8)10-6-4-3-5-7-10/h3-7H,1-2H3. The summed E-state index contributed by atoms with van der Waals surface area (Å²) in [6, 6.07) is 10.4. The van der Waals surface area contributed by atoms with Gasteiger partial charge in [-0.05, 0) is 36.5 Å². The monoisotopic (exact) mass is 189 g/mol. The first-order valence-corrected chi connectivity index (χ1v) is 5.04. The van der Waals surface area contributed by atoms with Crippen molar-refractivity contribution < 1.29 is 0 Å². The van der Waals surface area contributed by atoms with Crippen LogP contribution in [-0.4, -0.2) is 4.37 Å². The zero-order valence-corrected chi connectivity index (χ0v) is 8.56. The molecule has 0 saturated heterocycles. The van der Waals surface area contributed by atoms with E-state index in [-0.39, 0.29) is 0 Å². The lowest BCUT2D eigenvalue weighted by molar-refractivity contribution is 1.28. The van der Waals surface area contributed by atoms with Gasteiger partial charge in [-0.25, -0.2) is 0 Å². The highest BCUT2D eigenvalue weighted by atomic mass is 32.1. The molecule has 0 amide bonds. The van der Waals surface area contributed by atoms with Crippen molar-refractivity contribution in [2.75, 3.05) is 0 Å². The predicted octanol–water partition coefficient (Wildman–Crippen LogP) is 3.43. The molecule has 1 aromatic carbocycles. The maximum atomic E-state index is 4.33. The first kappa shape index (κ1) is 8.45. The Morgan fingerprint density at radius 3 is 2.31 bits per heavy atom. The first-order valence-electron chi connectivity index (χ1n) is 4.27. The topological polar surface area (TPSA) is 12.9 Å². The molecule has 0 aliphatic carbocycles. The van der Waals surface area contributed by atoms with E-state index in [1.165, 1.54) is 16.0 Å². The lowest BCUT2D eigenvalue weighted by Gasteiger charge is -1.97. The molecule has 1 nitrogen and oxygen atoms in total. The molecule has 2 rings (SSSR count). The van der Waals surface area contributed by atoms with Crippen LogP contribution in [0.25, 0.3) is 10.4 Å². The second-order valence-corrected chi connectivity index (χ2v) is 3.86. The summed E-state index contributed by atoms with van der Waals surface area (Å²) in [6.45, 7) is 4.18. The summed E-state index contributed by atoms with van der Waals surface area (Å²) in [5.74, 6) is 0. The number of nitrogens with zero attached hydrogens (tertiary/aromatic N) is 1. The van der Waals surface area contributed by atoms with Crippen LogP contribution in [0.4, 0.5) is 0 Å². The van der Waals surface area contributed by atoms with E-state index in [4.69, 9.17) is 0 Å². The van der Waals surface area contributed by atoms with Gasteiger partial charge in [-0.3, -0.25) is 0 Å². The molecule has 0 N–H and O–H groups in total. The van der Waals surface area contributed by atoms with Gasteiger partial charge in [0.25, 0.3) is 0 Å². The van der Waals surface area contributed by atoms with Crippen molar-refractivity contribution in [3.8, 4) is 10.4 Å². The molecule has 0 radical (unpaired) electrons. The van der Waals surface area contributed by atoms with E-state index in [9.17, 15) is 0 Å². The fourth-order valence-electron chi connectivity index (χ4n) is 1.27. The molecular weight excluding hydrogens is 178 g/mol. The van der Waals surface area contributed by atoms with Crippen molar-refractivity contribution in [3.63, 3.8) is 0 Å². The average molecular weight is 189 g/mol. The van der Waals surface area contributed by atoms with Gasteiger partial charge in [-0.1, -0.05) is 30.3 Å². The third kappa shape index (κ3) is 1.49. The highest BCUT2D eigenvalue weighted by Gasteiger charge is 2.06. The molecule has 1 aromatic heterocycles. The van der Waals surface area contributed by atoms with Gasteiger partial charge >= 0.3 is 0 Å². The van der Waals surface area contributed by atoms with Crippen LogP contribution in [0.15, 0.2) is 30.3 Å². The molecule has 0 spiro atoms. The third-order valence-electron chi connectivity index (χ3n) is 2.19. The fraction of sp³-hybridized carbons (Fsp3) is 0.182. The summed E-state index contributed by atoms with van der Waals surface area (Å²) >= 11 is 1.58. The lowest BCUT2D eigenvalue weighted by Crippen LogP contribution is -1.77. The summed E-state index contributed by atoms with van der Waals surface area (Å²) in [5, 5.41) is 0. The zero-order chi connectivity index (χ0) is 9.26. The Bertz CT molecular complexity index is 403. The Morgan fingerprint density at radius 2 is 1.77 bits per heavy atom. The molecule has 0 bridgehead atoms. The van der Waals surface area contributed by atoms with Gasteiger partial charge in [0.1, 0.15) is 0 Å². The van der Waals surface area contributed by atoms with E-state index in [2.05, 4.69) is 42.5 Å². The molecular formula is C11H11NS. The first-order chi connectivity index (χ1) is 6.29. The van der Waals surface area contributed by atoms with Crippen LogP contribution >= 0.6 is 11.5 Å². The van der Waals surface area contributed by atoms with Crippen LogP contribution in [0.5, 0.6) is 0 Å². The van der Waals surface area contributed by atoms with Crippen LogP contribution in [0.1, 0.15) is 11.3 Å². The Morgan fingerprint density at radius 1 is 1.08 bits per heavy atom. The van der Waals surface area contributed by atoms with Crippen LogP contribution in [0, 0.1) is 13.8 Å². The minimum Gasteiger partial charge on any atom is -0.197 e. The van der Waals surface area contributed by atoms with Crippen LogP contribution in [0.3, 0.4) is 0 Å². The van der Waals surface area contributed by atoms with E-state index in [0.717, 1.165) is 5.69 Å². The van der Waals surface area contributed by atoms with Crippen LogP contribution in [-0.2, 0) is 0 Å². The van der Waals surface area contributed by atoms with Crippen LogP contribution < -0.4 is 0 Å². The smallest absolute Gasteiger partial charge is 0.0581 e. The second kappa shape index (κ2) is 3.30. The molecule has 13 heavy (non-hydrogen) atoms. The Kier molecular flexibility index (Phi) is 2.15. The molecule has 0 aliphatic heterocycles. The van der Waals surface area contributed by atoms with Gasteiger partial charge in [-0.15, -0.1) is 0 Å².